The van der Waals surface area contributed by atoms with Gasteiger partial charge in [-0.15, -0.1) is 0 Å². The van der Waals surface area contributed by atoms with Crippen molar-refractivity contribution in [1.82, 2.24) is 0 Å². The van der Waals surface area contributed by atoms with Crippen LogP contribution in [0.2, 0.25) is 0 Å². The summed E-state index contributed by atoms with van der Waals surface area (Å²) in [5.41, 5.74) is 0. The minimum absolute atomic E-state index is 0.0572. The van der Waals surface area contributed by atoms with Crippen LogP contribution in [0.3, 0.4) is 0 Å². The summed E-state index contributed by atoms with van der Waals surface area (Å²) in [6.45, 7) is 4.00. The molecule has 11 heteroatoms. The number of carbonyl (C=O) groups excluding carboxylic acids is 2. The van der Waals surface area contributed by atoms with Gasteiger partial charge in [-0.2, -0.15) is 0 Å². The molecule has 0 aromatic heterocycles. The van der Waals surface area contributed by atoms with Gasteiger partial charge in [0.2, 0.25) is 0 Å². The van der Waals surface area contributed by atoms with Gasteiger partial charge in [0.15, 0.2) is 6.10 Å². The normalized spacial score (nSPS) is 17.8. The van der Waals surface area contributed by atoms with E-state index < -0.39 is 32.5 Å². The average Bonchev–Trinajstić information content (AvgIpc) is 3.94. The molecule has 0 saturated carbocycles. The van der Waals surface area contributed by atoms with Gasteiger partial charge in [-0.1, -0.05) is 125 Å². The van der Waals surface area contributed by atoms with Gasteiger partial charge >= 0.3 is 11.9 Å². The Labute approximate surface area is 358 Å². The first-order chi connectivity index (χ1) is 28.5. The summed E-state index contributed by atoms with van der Waals surface area (Å²) in [6.07, 6.45) is 47.9. The molecule has 1 aliphatic heterocycles. The number of carbonyl (C=O) groups is 2. The summed E-state index contributed by atoms with van der Waals surface area (Å²) in [5.74, 6) is -0.983. The fraction of sp³-hybridized carbons (Fsp3) is 0.667. The summed E-state index contributed by atoms with van der Waals surface area (Å²) in [4.78, 5) is 37.6. The Balaban J connectivity index is 2.38. The second kappa shape index (κ2) is 35.9. The number of allylic oxidation sites excluding steroid dienone is 12. The highest BCUT2D eigenvalue weighted by atomic mass is 31.2. The van der Waals surface area contributed by atoms with E-state index in [-0.39, 0.29) is 38.3 Å². The van der Waals surface area contributed by atoms with Crippen LogP contribution in [0.1, 0.15) is 142 Å². The molecule has 59 heavy (non-hydrogen) atoms. The van der Waals surface area contributed by atoms with Crippen LogP contribution in [0.4, 0.5) is 0 Å². The molecule has 0 radical (unpaired) electrons. The minimum atomic E-state index is -4.66. The van der Waals surface area contributed by atoms with Crippen LogP contribution in [-0.4, -0.2) is 82.2 Å². The molecule has 1 saturated heterocycles. The number of phosphoric ester groups is 1. The van der Waals surface area contributed by atoms with Crippen LogP contribution in [0.25, 0.3) is 0 Å². The van der Waals surface area contributed by atoms with Gasteiger partial charge in [0.1, 0.15) is 19.8 Å². The van der Waals surface area contributed by atoms with Gasteiger partial charge in [-0.3, -0.25) is 14.2 Å². The Bertz CT molecular complexity index is 1340. The molecular formula is C48H80NO9P. The van der Waals surface area contributed by atoms with Gasteiger partial charge in [0.05, 0.1) is 40.0 Å². The van der Waals surface area contributed by atoms with E-state index >= 15 is 0 Å². The van der Waals surface area contributed by atoms with Crippen molar-refractivity contribution in [3.8, 4) is 0 Å². The van der Waals surface area contributed by atoms with E-state index in [4.69, 9.17) is 23.3 Å². The molecule has 0 aromatic carbocycles. The van der Waals surface area contributed by atoms with Gasteiger partial charge in [0.25, 0.3) is 7.82 Å². The van der Waals surface area contributed by atoms with E-state index in [1.807, 2.05) is 33.3 Å². The molecule has 1 aliphatic rings. The summed E-state index contributed by atoms with van der Waals surface area (Å²) < 4.78 is 39.6. The van der Waals surface area contributed by atoms with Crippen molar-refractivity contribution in [2.24, 2.45) is 0 Å². The van der Waals surface area contributed by atoms with Gasteiger partial charge in [-0.25, -0.2) is 0 Å². The van der Waals surface area contributed by atoms with E-state index in [2.05, 4.69) is 86.8 Å². The third kappa shape index (κ3) is 36.7. The lowest BCUT2D eigenvalue weighted by Crippen LogP contribution is -2.37. The molecule has 0 aliphatic carbocycles. The SMILES string of the molecule is CCCCC/C=C\C/C=C\C/C=C\C/C=C\CCCC(=O)OC[C@H](COP(=O)([O-])OCC[N+](C)(C)C)OC(=O)CCC/C=C\CC1OC1C/C=C\C/C=C\CCCCC. The Morgan fingerprint density at radius 2 is 1.05 bits per heavy atom. The second-order valence-corrected chi connectivity index (χ2v) is 17.5. The molecule has 3 unspecified atom stereocenters. The highest BCUT2D eigenvalue weighted by Crippen LogP contribution is 2.38. The number of unbranched alkanes of at least 4 members (excludes halogenated alkanes) is 8. The maximum absolute atomic E-state index is 12.7. The van der Waals surface area contributed by atoms with Crippen molar-refractivity contribution >= 4 is 19.8 Å². The lowest BCUT2D eigenvalue weighted by molar-refractivity contribution is -0.870. The highest BCUT2D eigenvalue weighted by molar-refractivity contribution is 7.45. The maximum Gasteiger partial charge on any atom is 0.306 e. The van der Waals surface area contributed by atoms with Crippen LogP contribution in [0, 0.1) is 0 Å². The number of esters is 2. The molecule has 0 spiro atoms. The van der Waals surface area contributed by atoms with Crippen LogP contribution >= 0.6 is 7.82 Å². The molecule has 0 aromatic rings. The number of ether oxygens (including phenoxy) is 3. The first kappa shape index (κ1) is 54.2. The third-order valence-electron chi connectivity index (χ3n) is 9.29. The number of hydrogen-bond donors (Lipinski definition) is 0. The van der Waals surface area contributed by atoms with Crippen LogP contribution in [0.15, 0.2) is 85.1 Å². The van der Waals surface area contributed by atoms with E-state index in [1.165, 1.54) is 44.9 Å². The standard InChI is InChI=1S/C48H80NO9P/c1-6-8-10-12-14-16-17-18-19-20-21-22-23-25-27-29-34-38-47(50)54-42-44(43-56-59(52,53)55-41-40-49(3,4)5)57-48(51)39-35-31-30-33-37-46-45(58-46)36-32-28-26-24-15-13-11-9-7-2/h14-16,18-19,21-22,24-25,27-28,30,32-33,44-46H,6-13,17,20,23,26,29,31,34-43H2,1-5H3/b16-14-,19-18-,22-21-,24-15-,27-25-,32-28-,33-30-/t44-,45?,46?/m1/s1. The molecule has 0 amide bonds. The largest absolute Gasteiger partial charge is 0.756 e. The molecule has 1 heterocycles. The van der Waals surface area contributed by atoms with Crippen molar-refractivity contribution in [3.05, 3.63) is 85.1 Å². The lowest BCUT2D eigenvalue weighted by atomic mass is 10.1. The number of phosphoric acid groups is 1. The zero-order valence-electron chi connectivity index (χ0n) is 37.4. The molecule has 0 bridgehead atoms. The Morgan fingerprint density at radius 3 is 1.56 bits per heavy atom. The number of rotatable bonds is 38. The summed E-state index contributed by atoms with van der Waals surface area (Å²) >= 11 is 0. The molecular weight excluding hydrogens is 765 g/mol. The summed E-state index contributed by atoms with van der Waals surface area (Å²) in [5, 5.41) is 0. The zero-order valence-corrected chi connectivity index (χ0v) is 38.2. The first-order valence-corrected chi connectivity index (χ1v) is 23.9. The van der Waals surface area contributed by atoms with Crippen molar-refractivity contribution in [3.63, 3.8) is 0 Å². The number of quaternary nitrogens is 1. The van der Waals surface area contributed by atoms with Crippen molar-refractivity contribution in [2.75, 3.05) is 47.5 Å². The lowest BCUT2D eigenvalue weighted by Gasteiger charge is -2.28. The van der Waals surface area contributed by atoms with Crippen LogP contribution in [-0.2, 0) is 37.4 Å². The van der Waals surface area contributed by atoms with Crippen molar-refractivity contribution in [1.29, 1.82) is 0 Å². The number of nitrogens with zero attached hydrogens (tertiary/aromatic N) is 1. The van der Waals surface area contributed by atoms with E-state index in [9.17, 15) is 19.0 Å². The topological polar surface area (TPSA) is 124 Å². The third-order valence-corrected chi connectivity index (χ3v) is 10.3. The zero-order chi connectivity index (χ0) is 43.3. The Kier molecular flexibility index (Phi) is 32.9. The highest BCUT2D eigenvalue weighted by Gasteiger charge is 2.36. The van der Waals surface area contributed by atoms with E-state index in [1.54, 1.807) is 0 Å². The number of hydrogen-bond acceptors (Lipinski definition) is 9. The Morgan fingerprint density at radius 1 is 0.610 bits per heavy atom. The van der Waals surface area contributed by atoms with Crippen LogP contribution < -0.4 is 4.89 Å². The van der Waals surface area contributed by atoms with Gasteiger partial charge in [0, 0.05) is 12.8 Å². The smallest absolute Gasteiger partial charge is 0.306 e. The summed E-state index contributed by atoms with van der Waals surface area (Å²) in [7, 11) is 1.08. The average molecular weight is 846 g/mol. The molecule has 0 N–H and O–H groups in total. The predicted octanol–water partition coefficient (Wildman–Crippen LogP) is 11.2. The molecule has 10 nitrogen and oxygen atoms in total. The quantitative estimate of drug-likeness (QED) is 0.0149. The number of likely N-dealkylation sites (N-methyl/N-ethyl adjacent to an activating group) is 1. The molecule has 4 atom stereocenters. The maximum atomic E-state index is 12.7. The van der Waals surface area contributed by atoms with Gasteiger partial charge < -0.3 is 32.6 Å². The molecule has 1 rings (SSSR count). The van der Waals surface area contributed by atoms with E-state index in [0.717, 1.165) is 51.4 Å². The van der Waals surface area contributed by atoms with Crippen molar-refractivity contribution < 1.29 is 46.8 Å². The molecule has 336 valence electrons. The van der Waals surface area contributed by atoms with Crippen LogP contribution in [0.5, 0.6) is 0 Å². The molecule has 1 fully saturated rings. The summed E-state index contributed by atoms with van der Waals surface area (Å²) in [6, 6.07) is 0. The minimum Gasteiger partial charge on any atom is -0.756 e. The monoisotopic (exact) mass is 846 g/mol. The Hall–Kier alpha value is -2.85. The second-order valence-electron chi connectivity index (χ2n) is 16.1. The van der Waals surface area contributed by atoms with Gasteiger partial charge in [-0.05, 0) is 89.9 Å². The van der Waals surface area contributed by atoms with Crippen molar-refractivity contribution in [2.45, 2.75) is 161 Å². The fourth-order valence-corrected chi connectivity index (χ4v) is 6.35. The number of epoxide rings is 1. The predicted molar refractivity (Wildman–Crippen MR) is 240 cm³/mol. The fourth-order valence-electron chi connectivity index (χ4n) is 5.62. The first-order valence-electron chi connectivity index (χ1n) is 22.4. The van der Waals surface area contributed by atoms with E-state index in [0.29, 0.717) is 30.3 Å².